The van der Waals surface area contributed by atoms with Gasteiger partial charge in [0.25, 0.3) is 0 Å². The van der Waals surface area contributed by atoms with Gasteiger partial charge in [0.1, 0.15) is 0 Å². The third-order valence-electron chi connectivity index (χ3n) is 8.66. The molecule has 2 heteroatoms. The van der Waals surface area contributed by atoms with Gasteiger partial charge in [0.15, 0.2) is 0 Å². The first-order valence-corrected chi connectivity index (χ1v) is 9.97. The molecule has 0 bridgehead atoms. The minimum atomic E-state index is 0.108. The summed E-state index contributed by atoms with van der Waals surface area (Å²) in [7, 11) is 0. The second-order valence-corrected chi connectivity index (χ2v) is 8.99. The van der Waals surface area contributed by atoms with Crippen LogP contribution in [-0.2, 0) is 0 Å². The van der Waals surface area contributed by atoms with Gasteiger partial charge in [0.05, 0.1) is 5.71 Å². The van der Waals surface area contributed by atoms with Crippen molar-refractivity contribution in [3.05, 3.63) is 11.6 Å². The Labute approximate surface area is 146 Å². The van der Waals surface area contributed by atoms with Gasteiger partial charge in [0, 0.05) is 5.41 Å². The second-order valence-electron chi connectivity index (χ2n) is 8.99. The maximum absolute atomic E-state index is 9.11. The summed E-state index contributed by atoms with van der Waals surface area (Å²) in [4.78, 5) is 0. The number of oxime groups is 1. The summed E-state index contributed by atoms with van der Waals surface area (Å²) in [6.07, 6.45) is 19.4. The third-order valence-corrected chi connectivity index (χ3v) is 8.66. The molecule has 4 rings (SSSR count). The van der Waals surface area contributed by atoms with Gasteiger partial charge < -0.3 is 5.21 Å². The number of rotatable bonds is 1. The molecule has 0 radical (unpaired) electrons. The summed E-state index contributed by atoms with van der Waals surface area (Å²) < 4.78 is 0. The topological polar surface area (TPSA) is 32.6 Å². The standard InChI is InChI=1S/C22H31NO/c1-4-21(3)12-11-20-19-8-6-15-14-16(23-24)7-9-17(15)18(19)10-13-22(20,21)5-2/h1,14,17-20,24H,5-13H2,2-3H3/b23-16+/t17-,18+,19+,20-,21+,22-/m0/s1. The number of nitrogens with zero attached hydrogens (tertiary/aromatic N) is 1. The van der Waals surface area contributed by atoms with Crippen LogP contribution in [0.4, 0.5) is 0 Å². The molecule has 0 aromatic rings. The van der Waals surface area contributed by atoms with Crippen LogP contribution >= 0.6 is 0 Å². The van der Waals surface area contributed by atoms with Crippen LogP contribution in [0.2, 0.25) is 0 Å². The van der Waals surface area contributed by atoms with Crippen LogP contribution in [-0.4, -0.2) is 10.9 Å². The monoisotopic (exact) mass is 325 g/mol. The van der Waals surface area contributed by atoms with E-state index < -0.39 is 0 Å². The number of allylic oxidation sites excluding steroid dienone is 2. The lowest BCUT2D eigenvalue weighted by molar-refractivity contribution is -0.0490. The van der Waals surface area contributed by atoms with Crippen LogP contribution in [0.1, 0.15) is 71.6 Å². The number of hydrogen-bond donors (Lipinski definition) is 1. The molecule has 0 unspecified atom stereocenters. The minimum absolute atomic E-state index is 0.108. The van der Waals surface area contributed by atoms with Crippen molar-refractivity contribution in [3.63, 3.8) is 0 Å². The molecule has 1 N–H and O–H groups in total. The molecule has 0 aromatic carbocycles. The SMILES string of the molecule is C#C[C@]1(C)CC[C@H]2[C@@H]3CCC4=C/C(=N/O)CC[C@@H]4[C@H]3CC[C@@]21CC. The second kappa shape index (κ2) is 5.65. The molecule has 0 spiro atoms. The molecule has 0 amide bonds. The normalized spacial score (nSPS) is 48.9. The Morgan fingerprint density at radius 3 is 2.75 bits per heavy atom. The van der Waals surface area contributed by atoms with E-state index in [1.807, 2.05) is 0 Å². The van der Waals surface area contributed by atoms with Crippen LogP contribution in [0.3, 0.4) is 0 Å². The van der Waals surface area contributed by atoms with E-state index in [1.54, 1.807) is 5.57 Å². The molecule has 2 nitrogen and oxygen atoms in total. The van der Waals surface area contributed by atoms with Gasteiger partial charge in [-0.1, -0.05) is 23.6 Å². The fourth-order valence-electron chi connectivity index (χ4n) is 7.40. The summed E-state index contributed by atoms with van der Waals surface area (Å²) >= 11 is 0. The highest BCUT2D eigenvalue weighted by molar-refractivity contribution is 5.96. The maximum atomic E-state index is 9.11. The molecule has 0 aliphatic heterocycles. The van der Waals surface area contributed by atoms with Crippen LogP contribution < -0.4 is 0 Å². The molecule has 0 aromatic heterocycles. The van der Waals surface area contributed by atoms with Crippen LogP contribution in [0.5, 0.6) is 0 Å². The first-order valence-electron chi connectivity index (χ1n) is 9.97. The van der Waals surface area contributed by atoms with Crippen molar-refractivity contribution in [2.24, 2.45) is 39.7 Å². The van der Waals surface area contributed by atoms with Gasteiger partial charge in [-0.25, -0.2) is 0 Å². The first-order chi connectivity index (χ1) is 11.6. The molecular formula is C22H31NO. The van der Waals surface area contributed by atoms with Crippen molar-refractivity contribution >= 4 is 5.71 Å². The Hall–Kier alpha value is -1.23. The predicted octanol–water partition coefficient (Wildman–Crippen LogP) is 5.42. The Balaban J connectivity index is 1.65. The lowest BCUT2D eigenvalue weighted by Crippen LogP contribution is -2.49. The van der Waals surface area contributed by atoms with Crippen LogP contribution in [0.25, 0.3) is 0 Å². The molecule has 4 aliphatic carbocycles. The fourth-order valence-corrected chi connectivity index (χ4v) is 7.40. The summed E-state index contributed by atoms with van der Waals surface area (Å²) in [5.74, 6) is 6.52. The van der Waals surface area contributed by atoms with Crippen LogP contribution in [0, 0.1) is 46.8 Å². The Kier molecular flexibility index (Phi) is 3.83. The highest BCUT2D eigenvalue weighted by Crippen LogP contribution is 2.68. The molecule has 24 heavy (non-hydrogen) atoms. The van der Waals surface area contributed by atoms with E-state index in [1.165, 1.54) is 51.4 Å². The van der Waals surface area contributed by atoms with Gasteiger partial charge in [0.2, 0.25) is 0 Å². The van der Waals surface area contributed by atoms with Crippen molar-refractivity contribution in [2.75, 3.05) is 0 Å². The zero-order chi connectivity index (χ0) is 16.9. The largest absolute Gasteiger partial charge is 0.411 e. The van der Waals surface area contributed by atoms with Gasteiger partial charge in [-0.05, 0) is 99.9 Å². The van der Waals surface area contributed by atoms with E-state index in [0.29, 0.717) is 5.41 Å². The van der Waals surface area contributed by atoms with Crippen molar-refractivity contribution in [1.29, 1.82) is 0 Å². The quantitative estimate of drug-likeness (QED) is 0.390. The molecule has 0 heterocycles. The van der Waals surface area contributed by atoms with Crippen molar-refractivity contribution in [1.82, 2.24) is 0 Å². The highest BCUT2D eigenvalue weighted by Gasteiger charge is 2.61. The molecule has 6 atom stereocenters. The third kappa shape index (κ3) is 2.00. The Morgan fingerprint density at radius 2 is 2.04 bits per heavy atom. The molecular weight excluding hydrogens is 294 g/mol. The smallest absolute Gasteiger partial charge is 0.0795 e. The minimum Gasteiger partial charge on any atom is -0.411 e. The molecule has 130 valence electrons. The van der Waals surface area contributed by atoms with Gasteiger partial charge in [-0.2, -0.15) is 0 Å². The molecule has 0 saturated heterocycles. The van der Waals surface area contributed by atoms with E-state index in [-0.39, 0.29) is 5.41 Å². The summed E-state index contributed by atoms with van der Waals surface area (Å²) in [5.41, 5.74) is 2.95. The lowest BCUT2D eigenvalue weighted by atomic mass is 9.48. The van der Waals surface area contributed by atoms with Gasteiger partial charge in [-0.15, -0.1) is 6.42 Å². The van der Waals surface area contributed by atoms with Gasteiger partial charge >= 0.3 is 0 Å². The number of terminal acetylenes is 1. The fraction of sp³-hybridized carbons (Fsp3) is 0.773. The molecule has 3 saturated carbocycles. The maximum Gasteiger partial charge on any atom is 0.0795 e. The zero-order valence-corrected chi connectivity index (χ0v) is 15.2. The predicted molar refractivity (Wildman–Crippen MR) is 97.9 cm³/mol. The van der Waals surface area contributed by atoms with Crippen molar-refractivity contribution < 1.29 is 5.21 Å². The van der Waals surface area contributed by atoms with Crippen molar-refractivity contribution in [2.45, 2.75) is 71.6 Å². The summed E-state index contributed by atoms with van der Waals surface area (Å²) in [6.45, 7) is 4.75. The summed E-state index contributed by atoms with van der Waals surface area (Å²) in [6, 6.07) is 0. The number of fused-ring (bicyclic) bond motifs is 5. The number of hydrogen-bond acceptors (Lipinski definition) is 2. The Morgan fingerprint density at radius 1 is 1.21 bits per heavy atom. The van der Waals surface area contributed by atoms with E-state index >= 15 is 0 Å². The van der Waals surface area contributed by atoms with Crippen molar-refractivity contribution in [3.8, 4) is 12.3 Å². The zero-order valence-electron chi connectivity index (χ0n) is 15.2. The van der Waals surface area contributed by atoms with E-state index in [4.69, 9.17) is 11.6 Å². The van der Waals surface area contributed by atoms with Crippen LogP contribution in [0.15, 0.2) is 16.8 Å². The summed E-state index contributed by atoms with van der Waals surface area (Å²) in [5, 5.41) is 12.6. The first kappa shape index (κ1) is 16.2. The molecule has 3 fully saturated rings. The van der Waals surface area contributed by atoms with Gasteiger partial charge in [-0.3, -0.25) is 0 Å². The van der Waals surface area contributed by atoms with E-state index in [0.717, 1.165) is 35.8 Å². The Bertz CT molecular complexity index is 626. The lowest BCUT2D eigenvalue weighted by Gasteiger charge is -2.56. The molecule has 4 aliphatic rings. The average Bonchev–Trinajstić information content (AvgIpc) is 2.94. The van der Waals surface area contributed by atoms with E-state index in [9.17, 15) is 0 Å². The highest BCUT2D eigenvalue weighted by atomic mass is 16.4. The van der Waals surface area contributed by atoms with E-state index in [2.05, 4.69) is 31.0 Å². The average molecular weight is 325 g/mol.